The lowest BCUT2D eigenvalue weighted by molar-refractivity contribution is 0.149. The van der Waals surface area contributed by atoms with E-state index in [0.717, 1.165) is 11.1 Å². The van der Waals surface area contributed by atoms with E-state index in [4.69, 9.17) is 14.7 Å². The minimum Gasteiger partial charge on any atom is -0.497 e. The fraction of sp³-hybridized carbons (Fsp3) is 0.240. The lowest BCUT2D eigenvalue weighted by atomic mass is 10.1. The maximum Gasteiger partial charge on any atom is 0.242 e. The number of benzene rings is 2. The molecular weight excluding hydrogens is 454 g/mol. The topological polar surface area (TPSA) is 97.0 Å². The van der Waals surface area contributed by atoms with Crippen LogP contribution in [0, 0.1) is 11.3 Å². The Morgan fingerprint density at radius 3 is 2.63 bits per heavy atom. The van der Waals surface area contributed by atoms with E-state index in [1.165, 1.54) is 6.07 Å². The highest BCUT2D eigenvalue weighted by atomic mass is 19.3. The van der Waals surface area contributed by atoms with Crippen LogP contribution in [-0.2, 0) is 20.0 Å². The summed E-state index contributed by atoms with van der Waals surface area (Å²) in [4.78, 5) is 9.11. The van der Waals surface area contributed by atoms with Gasteiger partial charge in [-0.2, -0.15) is 5.26 Å². The standard InChI is InChI=1S/C25H24F2N6O2/c1-33-14-30-24-20(33)11-23(31-19-7-4-15(12-28)8-17(19)9-22(26)27)32-25(24)29-13-16-5-6-18(34-2)10-21(16)35-3/h4-8,10-11,14,22H,9,13H2,1-3H3,(H2,29,31,32). The maximum atomic E-state index is 13.2. The van der Waals surface area contributed by atoms with Crippen molar-refractivity contribution in [3.8, 4) is 17.6 Å². The Kier molecular flexibility index (Phi) is 6.96. The molecule has 35 heavy (non-hydrogen) atoms. The Morgan fingerprint density at radius 1 is 1.09 bits per heavy atom. The lowest BCUT2D eigenvalue weighted by Gasteiger charge is -2.15. The van der Waals surface area contributed by atoms with Crippen molar-refractivity contribution in [2.75, 3.05) is 24.9 Å². The second-order valence-electron chi connectivity index (χ2n) is 7.81. The number of aryl methyl sites for hydroxylation is 1. The summed E-state index contributed by atoms with van der Waals surface area (Å²) in [6.07, 6.45) is -1.35. The van der Waals surface area contributed by atoms with Gasteiger partial charge >= 0.3 is 0 Å². The SMILES string of the molecule is COc1ccc(CNc2nc(Nc3ccc(C#N)cc3CC(F)F)cc3c2ncn3C)c(OC)c1. The van der Waals surface area contributed by atoms with Crippen molar-refractivity contribution in [2.45, 2.75) is 19.4 Å². The van der Waals surface area contributed by atoms with Gasteiger partial charge in [-0.1, -0.05) is 0 Å². The first-order chi connectivity index (χ1) is 16.9. The van der Waals surface area contributed by atoms with Gasteiger partial charge in [-0.25, -0.2) is 18.7 Å². The minimum atomic E-state index is -2.55. The summed E-state index contributed by atoms with van der Waals surface area (Å²) in [5.41, 5.74) is 3.47. The third-order valence-electron chi connectivity index (χ3n) is 5.52. The molecule has 0 radical (unpaired) electrons. The Bertz CT molecular complexity index is 1400. The van der Waals surface area contributed by atoms with Gasteiger partial charge in [0.2, 0.25) is 6.43 Å². The molecule has 0 saturated carbocycles. The zero-order valence-corrected chi connectivity index (χ0v) is 19.5. The molecule has 0 aliphatic carbocycles. The van der Waals surface area contributed by atoms with Crippen LogP contribution in [-0.4, -0.2) is 35.2 Å². The summed E-state index contributed by atoms with van der Waals surface area (Å²) in [7, 11) is 5.04. The van der Waals surface area contributed by atoms with Gasteiger partial charge in [-0.3, -0.25) is 0 Å². The molecule has 0 fully saturated rings. The number of anilines is 3. The Hall–Kier alpha value is -4.39. The third-order valence-corrected chi connectivity index (χ3v) is 5.52. The molecule has 8 nitrogen and oxygen atoms in total. The van der Waals surface area contributed by atoms with E-state index in [2.05, 4.69) is 20.6 Å². The van der Waals surface area contributed by atoms with E-state index in [1.54, 1.807) is 44.8 Å². The maximum absolute atomic E-state index is 13.2. The summed E-state index contributed by atoms with van der Waals surface area (Å²) in [6, 6.07) is 14.0. The molecule has 0 aliphatic rings. The average Bonchev–Trinajstić information content (AvgIpc) is 3.23. The number of methoxy groups -OCH3 is 2. The van der Waals surface area contributed by atoms with E-state index in [1.807, 2.05) is 29.8 Å². The van der Waals surface area contributed by atoms with Crippen molar-refractivity contribution in [3.05, 3.63) is 65.5 Å². The molecule has 4 rings (SSSR count). The van der Waals surface area contributed by atoms with Gasteiger partial charge in [-0.05, 0) is 35.9 Å². The Balaban J connectivity index is 1.67. The molecule has 2 heterocycles. The summed E-state index contributed by atoms with van der Waals surface area (Å²) in [5.74, 6) is 2.32. The van der Waals surface area contributed by atoms with Crippen molar-refractivity contribution in [1.82, 2.24) is 14.5 Å². The average molecular weight is 479 g/mol. The van der Waals surface area contributed by atoms with Crippen molar-refractivity contribution < 1.29 is 18.3 Å². The zero-order chi connectivity index (χ0) is 24.9. The molecule has 0 unspecified atom stereocenters. The normalized spacial score (nSPS) is 10.9. The second kappa shape index (κ2) is 10.3. The van der Waals surface area contributed by atoms with Gasteiger partial charge in [0.25, 0.3) is 0 Å². The molecule has 2 aromatic heterocycles. The first-order valence-corrected chi connectivity index (χ1v) is 10.8. The molecule has 2 N–H and O–H groups in total. The molecule has 0 amide bonds. The van der Waals surface area contributed by atoms with Crippen molar-refractivity contribution in [2.24, 2.45) is 7.05 Å². The van der Waals surface area contributed by atoms with Crippen LogP contribution in [0.3, 0.4) is 0 Å². The number of halogens is 2. The summed E-state index contributed by atoms with van der Waals surface area (Å²) in [6.45, 7) is 0.406. The molecule has 0 atom stereocenters. The van der Waals surface area contributed by atoms with Gasteiger partial charge in [0.05, 0.1) is 37.7 Å². The van der Waals surface area contributed by atoms with Crippen LogP contribution in [0.2, 0.25) is 0 Å². The number of ether oxygens (including phenoxy) is 2. The summed E-state index contributed by atoms with van der Waals surface area (Å²) in [5, 5.41) is 15.6. The highest BCUT2D eigenvalue weighted by Crippen LogP contribution is 2.30. The summed E-state index contributed by atoms with van der Waals surface area (Å²) >= 11 is 0. The fourth-order valence-corrected chi connectivity index (χ4v) is 3.75. The predicted molar refractivity (Wildman–Crippen MR) is 130 cm³/mol. The van der Waals surface area contributed by atoms with Crippen LogP contribution in [0.15, 0.2) is 48.8 Å². The second-order valence-corrected chi connectivity index (χ2v) is 7.81. The number of hydrogen-bond donors (Lipinski definition) is 2. The van der Waals surface area contributed by atoms with Gasteiger partial charge < -0.3 is 24.7 Å². The quantitative estimate of drug-likeness (QED) is 0.349. The number of fused-ring (bicyclic) bond motifs is 1. The van der Waals surface area contributed by atoms with Crippen molar-refractivity contribution >= 4 is 28.4 Å². The molecule has 0 spiro atoms. The summed E-state index contributed by atoms with van der Waals surface area (Å²) < 4.78 is 38.9. The van der Waals surface area contributed by atoms with E-state index in [9.17, 15) is 8.78 Å². The van der Waals surface area contributed by atoms with Gasteiger partial charge in [0.1, 0.15) is 22.8 Å². The van der Waals surface area contributed by atoms with Crippen molar-refractivity contribution in [3.63, 3.8) is 0 Å². The predicted octanol–water partition coefficient (Wildman–Crippen LogP) is 5.02. The van der Waals surface area contributed by atoms with Crippen LogP contribution in [0.25, 0.3) is 11.0 Å². The number of pyridine rings is 1. The number of imidazole rings is 1. The smallest absolute Gasteiger partial charge is 0.242 e. The monoisotopic (exact) mass is 478 g/mol. The molecule has 0 saturated heterocycles. The van der Waals surface area contributed by atoms with Gasteiger partial charge in [0, 0.05) is 43.4 Å². The Labute approximate surface area is 201 Å². The number of nitrogens with zero attached hydrogens (tertiary/aromatic N) is 4. The van der Waals surface area contributed by atoms with E-state index in [-0.39, 0.29) is 0 Å². The molecular formula is C25H24F2N6O2. The highest BCUT2D eigenvalue weighted by molar-refractivity contribution is 5.89. The number of alkyl halides is 2. The molecule has 0 bridgehead atoms. The van der Waals surface area contributed by atoms with Crippen molar-refractivity contribution in [1.29, 1.82) is 5.26 Å². The van der Waals surface area contributed by atoms with Crippen LogP contribution >= 0.6 is 0 Å². The van der Waals surface area contributed by atoms with E-state index >= 15 is 0 Å². The van der Waals surface area contributed by atoms with E-state index in [0.29, 0.717) is 52.0 Å². The van der Waals surface area contributed by atoms with Crippen LogP contribution in [0.4, 0.5) is 26.1 Å². The number of nitrogens with one attached hydrogen (secondary N) is 2. The molecule has 0 aliphatic heterocycles. The Morgan fingerprint density at radius 2 is 1.91 bits per heavy atom. The molecule has 10 heteroatoms. The first kappa shape index (κ1) is 23.8. The first-order valence-electron chi connectivity index (χ1n) is 10.8. The fourth-order valence-electron chi connectivity index (χ4n) is 3.75. The number of hydrogen-bond acceptors (Lipinski definition) is 7. The minimum absolute atomic E-state index is 0.317. The third kappa shape index (κ3) is 5.24. The van der Waals surface area contributed by atoms with Gasteiger partial charge in [-0.15, -0.1) is 0 Å². The highest BCUT2D eigenvalue weighted by Gasteiger charge is 2.15. The van der Waals surface area contributed by atoms with Crippen LogP contribution in [0.5, 0.6) is 11.5 Å². The van der Waals surface area contributed by atoms with Crippen LogP contribution < -0.4 is 20.1 Å². The number of nitriles is 1. The largest absolute Gasteiger partial charge is 0.497 e. The number of rotatable bonds is 9. The zero-order valence-electron chi connectivity index (χ0n) is 19.5. The van der Waals surface area contributed by atoms with Crippen LogP contribution in [0.1, 0.15) is 16.7 Å². The lowest BCUT2D eigenvalue weighted by Crippen LogP contribution is -2.07. The molecule has 2 aromatic carbocycles. The van der Waals surface area contributed by atoms with Gasteiger partial charge in [0.15, 0.2) is 5.82 Å². The number of aromatic nitrogens is 3. The molecule has 4 aromatic rings. The molecule has 180 valence electrons. The van der Waals surface area contributed by atoms with E-state index < -0.39 is 12.8 Å².